The highest BCUT2D eigenvalue weighted by atomic mass is 16.2. The number of carbonyl (C=O) groups excluding carboxylic acids is 2. The number of nitrogens with zero attached hydrogens (tertiary/aromatic N) is 3. The van der Waals surface area contributed by atoms with Gasteiger partial charge in [-0.3, -0.25) is 9.59 Å². The van der Waals surface area contributed by atoms with Crippen LogP contribution in [0.4, 0.5) is 5.69 Å². The number of anilines is 1. The van der Waals surface area contributed by atoms with Crippen LogP contribution in [0.1, 0.15) is 17.8 Å². The van der Waals surface area contributed by atoms with Crippen molar-refractivity contribution >= 4 is 28.4 Å². The van der Waals surface area contributed by atoms with Crippen LogP contribution < -0.4 is 4.90 Å². The molecule has 1 aromatic heterocycles. The van der Waals surface area contributed by atoms with Crippen molar-refractivity contribution in [1.82, 2.24) is 9.97 Å². The van der Waals surface area contributed by atoms with Gasteiger partial charge < -0.3 is 4.90 Å². The lowest BCUT2D eigenvalue weighted by Gasteiger charge is -2.15. The first-order valence-corrected chi connectivity index (χ1v) is 6.11. The SMILES string of the molecule is Cc1nc2ccc(N3CC(=O)CC3=O)cc2nc1C. The summed E-state index contributed by atoms with van der Waals surface area (Å²) < 4.78 is 0. The molecule has 19 heavy (non-hydrogen) atoms. The normalized spacial score (nSPS) is 15.6. The molecule has 1 aliphatic rings. The fourth-order valence-electron chi connectivity index (χ4n) is 2.21. The molecule has 1 aliphatic heterocycles. The van der Waals surface area contributed by atoms with Crippen LogP contribution in [0.3, 0.4) is 0 Å². The second-order valence-electron chi connectivity index (χ2n) is 4.76. The Balaban J connectivity index is 2.09. The zero-order valence-corrected chi connectivity index (χ0v) is 10.8. The minimum atomic E-state index is -0.152. The maximum Gasteiger partial charge on any atom is 0.234 e. The fraction of sp³-hybridized carbons (Fsp3) is 0.286. The van der Waals surface area contributed by atoms with Crippen LogP contribution in [-0.2, 0) is 9.59 Å². The number of fused-ring (bicyclic) bond motifs is 1. The van der Waals surface area contributed by atoms with Gasteiger partial charge in [0.1, 0.15) is 0 Å². The Labute approximate surface area is 110 Å². The van der Waals surface area contributed by atoms with Crippen molar-refractivity contribution in [3.05, 3.63) is 29.6 Å². The highest BCUT2D eigenvalue weighted by Gasteiger charge is 2.28. The number of Topliss-reactive ketones (excluding diaryl/α,β-unsaturated/α-hetero) is 1. The van der Waals surface area contributed by atoms with E-state index in [0.717, 1.165) is 22.4 Å². The summed E-state index contributed by atoms with van der Waals surface area (Å²) >= 11 is 0. The van der Waals surface area contributed by atoms with Crippen molar-refractivity contribution in [2.45, 2.75) is 20.3 Å². The van der Waals surface area contributed by atoms with Gasteiger partial charge in [0.2, 0.25) is 5.91 Å². The molecule has 5 heteroatoms. The number of carbonyl (C=O) groups is 2. The number of aromatic nitrogens is 2. The molecule has 0 spiro atoms. The van der Waals surface area contributed by atoms with Gasteiger partial charge >= 0.3 is 0 Å². The van der Waals surface area contributed by atoms with E-state index in [1.165, 1.54) is 4.90 Å². The lowest BCUT2D eigenvalue weighted by atomic mass is 10.2. The van der Waals surface area contributed by atoms with Crippen molar-refractivity contribution in [3.8, 4) is 0 Å². The van der Waals surface area contributed by atoms with E-state index in [4.69, 9.17) is 0 Å². The van der Waals surface area contributed by atoms with Gasteiger partial charge in [0, 0.05) is 5.69 Å². The molecular formula is C14H13N3O2. The average molecular weight is 255 g/mol. The van der Waals surface area contributed by atoms with Gasteiger partial charge in [-0.15, -0.1) is 0 Å². The molecule has 0 saturated carbocycles. The minimum absolute atomic E-state index is 0.00333. The summed E-state index contributed by atoms with van der Waals surface area (Å²) in [4.78, 5) is 33.4. The van der Waals surface area contributed by atoms with Crippen molar-refractivity contribution < 1.29 is 9.59 Å². The highest BCUT2D eigenvalue weighted by molar-refractivity contribution is 6.15. The number of amides is 1. The van der Waals surface area contributed by atoms with Crippen molar-refractivity contribution in [1.29, 1.82) is 0 Å². The summed E-state index contributed by atoms with van der Waals surface area (Å²) in [5.74, 6) is -0.197. The van der Waals surface area contributed by atoms with Crippen LogP contribution >= 0.6 is 0 Å². The van der Waals surface area contributed by atoms with Gasteiger partial charge in [-0.05, 0) is 32.0 Å². The Morgan fingerprint density at radius 2 is 1.74 bits per heavy atom. The van der Waals surface area contributed by atoms with Crippen LogP contribution in [0.25, 0.3) is 11.0 Å². The quantitative estimate of drug-likeness (QED) is 0.725. The number of aryl methyl sites for hydroxylation is 2. The van der Waals surface area contributed by atoms with E-state index >= 15 is 0 Å². The maximum atomic E-state index is 11.7. The maximum absolute atomic E-state index is 11.7. The summed E-state index contributed by atoms with van der Waals surface area (Å²) in [6.45, 7) is 3.97. The predicted octanol–water partition coefficient (Wildman–Crippen LogP) is 1.55. The molecule has 3 rings (SSSR count). The molecule has 0 bridgehead atoms. The second-order valence-corrected chi connectivity index (χ2v) is 4.76. The summed E-state index contributed by atoms with van der Waals surface area (Å²) in [7, 11) is 0. The number of rotatable bonds is 1. The summed E-state index contributed by atoms with van der Waals surface area (Å²) in [6, 6.07) is 5.45. The second kappa shape index (κ2) is 4.12. The van der Waals surface area contributed by atoms with Gasteiger partial charge in [0.15, 0.2) is 5.78 Å². The third kappa shape index (κ3) is 1.97. The number of benzene rings is 1. The predicted molar refractivity (Wildman–Crippen MR) is 71.0 cm³/mol. The first kappa shape index (κ1) is 11.8. The molecule has 1 amide bonds. The Morgan fingerprint density at radius 1 is 1.05 bits per heavy atom. The van der Waals surface area contributed by atoms with E-state index < -0.39 is 0 Å². The van der Waals surface area contributed by atoms with Crippen molar-refractivity contribution in [2.75, 3.05) is 11.4 Å². The van der Waals surface area contributed by atoms with Crippen LogP contribution in [0.2, 0.25) is 0 Å². The first-order chi connectivity index (χ1) is 9.04. The number of hydrogen-bond donors (Lipinski definition) is 0. The van der Waals surface area contributed by atoms with Gasteiger partial charge in [-0.2, -0.15) is 0 Å². The van der Waals surface area contributed by atoms with Crippen LogP contribution in [0, 0.1) is 13.8 Å². The molecule has 0 aliphatic carbocycles. The molecule has 1 fully saturated rings. The first-order valence-electron chi connectivity index (χ1n) is 6.11. The molecule has 2 heterocycles. The number of ketones is 1. The topological polar surface area (TPSA) is 63.2 Å². The van der Waals surface area contributed by atoms with Gasteiger partial charge in [-0.25, -0.2) is 9.97 Å². The van der Waals surface area contributed by atoms with Gasteiger partial charge in [0.05, 0.1) is 35.4 Å². The average Bonchev–Trinajstić information content (AvgIpc) is 2.69. The molecule has 5 nitrogen and oxygen atoms in total. The van der Waals surface area contributed by atoms with E-state index in [2.05, 4.69) is 9.97 Å². The minimum Gasteiger partial charge on any atom is -0.305 e. The van der Waals surface area contributed by atoms with Crippen LogP contribution in [0.5, 0.6) is 0 Å². The van der Waals surface area contributed by atoms with E-state index in [9.17, 15) is 9.59 Å². The monoisotopic (exact) mass is 255 g/mol. The zero-order valence-electron chi connectivity index (χ0n) is 10.8. The molecule has 0 N–H and O–H groups in total. The van der Waals surface area contributed by atoms with E-state index in [1.54, 1.807) is 0 Å². The van der Waals surface area contributed by atoms with E-state index in [1.807, 2.05) is 32.0 Å². The lowest BCUT2D eigenvalue weighted by molar-refractivity contribution is -0.121. The Morgan fingerprint density at radius 3 is 2.37 bits per heavy atom. The largest absolute Gasteiger partial charge is 0.305 e. The summed E-state index contributed by atoms with van der Waals surface area (Å²) in [5.41, 5.74) is 4.01. The van der Waals surface area contributed by atoms with Crippen LogP contribution in [0.15, 0.2) is 18.2 Å². The van der Waals surface area contributed by atoms with Crippen LogP contribution in [-0.4, -0.2) is 28.2 Å². The Bertz CT molecular complexity index is 709. The summed E-state index contributed by atoms with van der Waals surface area (Å²) in [5, 5.41) is 0. The Hall–Kier alpha value is -2.30. The fourth-order valence-corrected chi connectivity index (χ4v) is 2.21. The molecule has 1 aromatic carbocycles. The highest BCUT2D eigenvalue weighted by Crippen LogP contribution is 2.23. The molecule has 0 unspecified atom stereocenters. The standard InChI is InChI=1S/C14H13N3O2/c1-8-9(2)16-13-5-10(3-4-12(13)15-8)17-7-11(18)6-14(17)19/h3-5H,6-7H2,1-2H3. The van der Waals surface area contributed by atoms with E-state index in [0.29, 0.717) is 5.69 Å². The Kier molecular flexibility index (Phi) is 2.55. The third-order valence-corrected chi connectivity index (χ3v) is 3.35. The summed E-state index contributed by atoms with van der Waals surface area (Å²) in [6.07, 6.45) is -0.00333. The zero-order chi connectivity index (χ0) is 13.6. The molecule has 0 atom stereocenters. The van der Waals surface area contributed by atoms with Gasteiger partial charge in [0.25, 0.3) is 0 Å². The smallest absolute Gasteiger partial charge is 0.234 e. The molecule has 0 radical (unpaired) electrons. The van der Waals surface area contributed by atoms with E-state index in [-0.39, 0.29) is 24.7 Å². The molecule has 2 aromatic rings. The number of hydrogen-bond acceptors (Lipinski definition) is 4. The molecule has 1 saturated heterocycles. The molecular weight excluding hydrogens is 242 g/mol. The molecule has 96 valence electrons. The van der Waals surface area contributed by atoms with Crippen molar-refractivity contribution in [3.63, 3.8) is 0 Å². The van der Waals surface area contributed by atoms with Crippen molar-refractivity contribution in [2.24, 2.45) is 0 Å². The lowest BCUT2D eigenvalue weighted by Crippen LogP contribution is -2.24. The van der Waals surface area contributed by atoms with Gasteiger partial charge in [-0.1, -0.05) is 0 Å². The third-order valence-electron chi connectivity index (χ3n) is 3.35.